The first kappa shape index (κ1) is 12.4. The molecule has 0 bridgehead atoms. The van der Waals surface area contributed by atoms with Crippen LogP contribution in [0.25, 0.3) is 0 Å². The first-order valence-electron chi connectivity index (χ1n) is 6.98. The number of hydrogen-bond acceptors (Lipinski definition) is 2. The fraction of sp³-hybridized carbons (Fsp3) is 0.500. The maximum absolute atomic E-state index is 12.2. The average molecular weight is 258 g/mol. The van der Waals surface area contributed by atoms with E-state index < -0.39 is 11.4 Å². The molecule has 0 aromatic heterocycles. The molecule has 3 heteroatoms. The zero-order chi connectivity index (χ0) is 13.5. The molecule has 0 amide bonds. The van der Waals surface area contributed by atoms with Gasteiger partial charge >= 0.3 is 5.97 Å². The maximum atomic E-state index is 12.2. The number of carbonyl (C=O) groups is 2. The van der Waals surface area contributed by atoms with Gasteiger partial charge in [0.2, 0.25) is 0 Å². The number of rotatable bonds is 3. The SMILES string of the molecule is O=C(O)C1(CC2Cc3ccccc32)CCCCC1=O. The summed E-state index contributed by atoms with van der Waals surface area (Å²) >= 11 is 0. The molecule has 0 saturated heterocycles. The van der Waals surface area contributed by atoms with Gasteiger partial charge in [0.25, 0.3) is 0 Å². The van der Waals surface area contributed by atoms with Gasteiger partial charge in [0.05, 0.1) is 0 Å². The number of carboxylic acid groups (broad SMARTS) is 1. The molecule has 0 radical (unpaired) electrons. The monoisotopic (exact) mass is 258 g/mol. The Morgan fingerprint density at radius 2 is 2.11 bits per heavy atom. The van der Waals surface area contributed by atoms with Gasteiger partial charge in [-0.15, -0.1) is 0 Å². The quantitative estimate of drug-likeness (QED) is 0.848. The van der Waals surface area contributed by atoms with Gasteiger partial charge in [0, 0.05) is 6.42 Å². The molecule has 3 nitrogen and oxygen atoms in total. The van der Waals surface area contributed by atoms with Crippen LogP contribution in [0.15, 0.2) is 24.3 Å². The van der Waals surface area contributed by atoms with Crippen LogP contribution in [0.4, 0.5) is 0 Å². The van der Waals surface area contributed by atoms with Gasteiger partial charge in [0.15, 0.2) is 0 Å². The first-order valence-corrected chi connectivity index (χ1v) is 6.98. The Morgan fingerprint density at radius 1 is 1.32 bits per heavy atom. The van der Waals surface area contributed by atoms with Gasteiger partial charge in [-0.05, 0) is 42.7 Å². The van der Waals surface area contributed by atoms with E-state index in [0.29, 0.717) is 19.3 Å². The number of carboxylic acids is 1. The molecule has 2 aliphatic rings. The summed E-state index contributed by atoms with van der Waals surface area (Å²) in [5.41, 5.74) is 1.42. The Kier molecular flexibility index (Phi) is 2.92. The molecule has 2 atom stereocenters. The minimum Gasteiger partial charge on any atom is -0.480 e. The lowest BCUT2D eigenvalue weighted by atomic mass is 9.63. The van der Waals surface area contributed by atoms with Crippen LogP contribution in [-0.2, 0) is 16.0 Å². The van der Waals surface area contributed by atoms with E-state index in [-0.39, 0.29) is 11.7 Å². The summed E-state index contributed by atoms with van der Waals surface area (Å²) in [6.07, 6.45) is 4.04. The Morgan fingerprint density at radius 3 is 2.79 bits per heavy atom. The second-order valence-corrected chi connectivity index (χ2v) is 5.82. The smallest absolute Gasteiger partial charge is 0.317 e. The van der Waals surface area contributed by atoms with Crippen molar-refractivity contribution in [2.75, 3.05) is 0 Å². The molecule has 0 aliphatic heterocycles. The highest BCUT2D eigenvalue weighted by Crippen LogP contribution is 2.47. The summed E-state index contributed by atoms with van der Waals surface area (Å²) in [5, 5.41) is 9.55. The minimum absolute atomic E-state index is 0.0596. The summed E-state index contributed by atoms with van der Waals surface area (Å²) in [6.45, 7) is 0. The van der Waals surface area contributed by atoms with E-state index in [2.05, 4.69) is 12.1 Å². The van der Waals surface area contributed by atoms with Crippen LogP contribution in [-0.4, -0.2) is 16.9 Å². The number of fused-ring (bicyclic) bond motifs is 1. The molecule has 100 valence electrons. The Bertz CT molecular complexity index is 535. The van der Waals surface area contributed by atoms with Crippen molar-refractivity contribution in [2.45, 2.75) is 44.4 Å². The van der Waals surface area contributed by atoms with E-state index in [9.17, 15) is 14.7 Å². The highest BCUT2D eigenvalue weighted by atomic mass is 16.4. The molecule has 1 saturated carbocycles. The van der Waals surface area contributed by atoms with Crippen molar-refractivity contribution in [2.24, 2.45) is 5.41 Å². The normalized spacial score (nSPS) is 29.5. The Hall–Kier alpha value is -1.64. The number of ketones is 1. The lowest BCUT2D eigenvalue weighted by molar-refractivity contribution is -0.158. The summed E-state index contributed by atoms with van der Waals surface area (Å²) in [6, 6.07) is 8.14. The Labute approximate surface area is 112 Å². The van der Waals surface area contributed by atoms with Crippen molar-refractivity contribution in [3.8, 4) is 0 Å². The van der Waals surface area contributed by atoms with Gasteiger partial charge < -0.3 is 5.11 Å². The fourth-order valence-electron chi connectivity index (χ4n) is 3.59. The molecular formula is C16H18O3. The van der Waals surface area contributed by atoms with Gasteiger partial charge in [-0.25, -0.2) is 0 Å². The minimum atomic E-state index is -1.11. The van der Waals surface area contributed by atoms with Crippen molar-refractivity contribution in [1.82, 2.24) is 0 Å². The number of Topliss-reactive ketones (excluding diaryl/α,β-unsaturated/α-hetero) is 1. The third-order valence-corrected chi connectivity index (χ3v) is 4.76. The molecule has 2 aliphatic carbocycles. The van der Waals surface area contributed by atoms with Crippen LogP contribution >= 0.6 is 0 Å². The zero-order valence-corrected chi connectivity index (χ0v) is 10.9. The van der Waals surface area contributed by atoms with Gasteiger partial charge in [-0.2, -0.15) is 0 Å². The molecule has 1 aromatic rings. The van der Waals surface area contributed by atoms with Crippen molar-refractivity contribution in [1.29, 1.82) is 0 Å². The van der Waals surface area contributed by atoms with E-state index >= 15 is 0 Å². The number of carbonyl (C=O) groups excluding carboxylic acids is 1. The largest absolute Gasteiger partial charge is 0.480 e. The maximum Gasteiger partial charge on any atom is 0.317 e. The second-order valence-electron chi connectivity index (χ2n) is 5.82. The van der Waals surface area contributed by atoms with Crippen LogP contribution in [0.1, 0.15) is 49.1 Å². The molecule has 0 heterocycles. The topological polar surface area (TPSA) is 54.4 Å². The van der Waals surface area contributed by atoms with Crippen LogP contribution in [0.3, 0.4) is 0 Å². The van der Waals surface area contributed by atoms with Crippen LogP contribution < -0.4 is 0 Å². The lowest BCUT2D eigenvalue weighted by Gasteiger charge is -2.39. The molecule has 3 rings (SSSR count). The van der Waals surface area contributed by atoms with Gasteiger partial charge in [0.1, 0.15) is 11.2 Å². The molecule has 1 aromatic carbocycles. The van der Waals surface area contributed by atoms with E-state index in [1.165, 1.54) is 11.1 Å². The van der Waals surface area contributed by atoms with Crippen LogP contribution in [0, 0.1) is 5.41 Å². The predicted octanol–water partition coefficient (Wildman–Crippen LogP) is 2.93. The first-order chi connectivity index (χ1) is 9.13. The molecular weight excluding hydrogens is 240 g/mol. The van der Waals surface area contributed by atoms with Gasteiger partial charge in [-0.1, -0.05) is 30.7 Å². The molecule has 1 fully saturated rings. The average Bonchev–Trinajstić information content (AvgIpc) is 2.38. The van der Waals surface area contributed by atoms with E-state index in [0.717, 1.165) is 19.3 Å². The summed E-state index contributed by atoms with van der Waals surface area (Å²) in [5.74, 6) is -0.730. The third kappa shape index (κ3) is 1.88. The highest BCUT2D eigenvalue weighted by Gasteiger charge is 2.49. The number of aliphatic carboxylic acids is 1. The van der Waals surface area contributed by atoms with Gasteiger partial charge in [-0.3, -0.25) is 9.59 Å². The van der Waals surface area contributed by atoms with E-state index in [4.69, 9.17) is 0 Å². The van der Waals surface area contributed by atoms with Crippen molar-refractivity contribution in [3.05, 3.63) is 35.4 Å². The standard InChI is InChI=1S/C16H18O3/c17-14-7-3-4-8-16(14,15(18)19)10-12-9-11-5-1-2-6-13(11)12/h1-2,5-6,12H,3-4,7-10H2,(H,18,19). The second kappa shape index (κ2) is 4.48. The van der Waals surface area contributed by atoms with E-state index in [1.54, 1.807) is 0 Å². The highest BCUT2D eigenvalue weighted by molar-refractivity contribution is 6.03. The summed E-state index contributed by atoms with van der Waals surface area (Å²) in [4.78, 5) is 23.8. The summed E-state index contributed by atoms with van der Waals surface area (Å²) < 4.78 is 0. The third-order valence-electron chi connectivity index (χ3n) is 4.76. The number of hydrogen-bond donors (Lipinski definition) is 1. The number of benzene rings is 1. The predicted molar refractivity (Wildman–Crippen MR) is 71.0 cm³/mol. The lowest BCUT2D eigenvalue weighted by Crippen LogP contribution is -2.44. The Balaban J connectivity index is 1.84. The summed E-state index contributed by atoms with van der Waals surface area (Å²) in [7, 11) is 0. The van der Waals surface area contributed by atoms with Crippen molar-refractivity contribution >= 4 is 11.8 Å². The molecule has 0 spiro atoms. The zero-order valence-electron chi connectivity index (χ0n) is 10.9. The van der Waals surface area contributed by atoms with Crippen LogP contribution in [0.2, 0.25) is 0 Å². The van der Waals surface area contributed by atoms with Crippen molar-refractivity contribution < 1.29 is 14.7 Å². The fourth-order valence-corrected chi connectivity index (χ4v) is 3.59. The van der Waals surface area contributed by atoms with Crippen molar-refractivity contribution in [3.63, 3.8) is 0 Å². The van der Waals surface area contributed by atoms with Crippen LogP contribution in [0.5, 0.6) is 0 Å². The molecule has 1 N–H and O–H groups in total. The molecule has 2 unspecified atom stereocenters. The van der Waals surface area contributed by atoms with E-state index in [1.807, 2.05) is 12.1 Å². The molecule has 19 heavy (non-hydrogen) atoms.